The van der Waals surface area contributed by atoms with E-state index in [1.54, 1.807) is 4.90 Å². The minimum atomic E-state index is -0.478. The lowest BCUT2D eigenvalue weighted by molar-refractivity contribution is -0.148. The smallest absolute Gasteiger partial charge is 0.410 e. The van der Waals surface area contributed by atoms with Gasteiger partial charge in [-0.3, -0.25) is 4.90 Å². The van der Waals surface area contributed by atoms with Crippen LogP contribution in [0, 0.1) is 5.41 Å². The summed E-state index contributed by atoms with van der Waals surface area (Å²) in [6.07, 6.45) is 19.4. The van der Waals surface area contributed by atoms with Crippen LogP contribution in [0.4, 0.5) is 4.79 Å². The first kappa shape index (κ1) is 28.8. The monoisotopic (exact) mass is 453 g/mol. The van der Waals surface area contributed by atoms with Gasteiger partial charge in [0.15, 0.2) is 0 Å². The van der Waals surface area contributed by atoms with Crippen molar-refractivity contribution in [1.82, 2.24) is 4.90 Å². The second kappa shape index (κ2) is 17.2. The lowest BCUT2D eigenvalue weighted by Crippen LogP contribution is -2.42. The molecule has 1 aliphatic rings. The Morgan fingerprint density at radius 2 is 1.28 bits per heavy atom. The number of unbranched alkanes of at least 4 members (excludes halogenated alkanes) is 13. The van der Waals surface area contributed by atoms with Gasteiger partial charge in [-0.05, 0) is 24.7 Å². The van der Waals surface area contributed by atoms with E-state index in [0.29, 0.717) is 26.2 Å². The van der Waals surface area contributed by atoms with Crippen LogP contribution in [0.15, 0.2) is 0 Å². The molecule has 1 amide bonds. The fraction of sp³-hybridized carbons (Fsp3) is 0.926. The van der Waals surface area contributed by atoms with Crippen LogP contribution in [-0.4, -0.2) is 42.8 Å². The molecule has 32 heavy (non-hydrogen) atoms. The zero-order valence-corrected chi connectivity index (χ0v) is 21.6. The number of carbonyl (C=O) groups is 2. The number of likely N-dealkylation sites (tertiary alicyclic amines) is 1. The van der Waals surface area contributed by atoms with Gasteiger partial charge in [0.1, 0.15) is 6.04 Å². The number of amides is 1. The van der Waals surface area contributed by atoms with Crippen LogP contribution in [0.3, 0.4) is 0 Å². The number of hydrogen-bond donors (Lipinski definition) is 0. The van der Waals surface area contributed by atoms with Gasteiger partial charge in [0, 0.05) is 6.54 Å². The van der Waals surface area contributed by atoms with Crippen LogP contribution in [0.25, 0.3) is 0 Å². The van der Waals surface area contributed by atoms with E-state index >= 15 is 0 Å². The first-order valence-corrected chi connectivity index (χ1v) is 13.4. The number of rotatable bonds is 17. The molecule has 0 N–H and O–H groups in total. The molecule has 1 atom stereocenters. The first-order chi connectivity index (χ1) is 15.3. The van der Waals surface area contributed by atoms with E-state index in [2.05, 4.69) is 6.92 Å². The number of carbonyl (C=O) groups excluding carboxylic acids is 2. The molecule has 1 rings (SSSR count). The van der Waals surface area contributed by atoms with Gasteiger partial charge in [-0.1, -0.05) is 111 Å². The molecule has 0 aromatic heterocycles. The lowest BCUT2D eigenvalue weighted by Gasteiger charge is -2.25. The maximum atomic E-state index is 12.4. The van der Waals surface area contributed by atoms with Gasteiger partial charge < -0.3 is 9.47 Å². The molecule has 0 spiro atoms. The van der Waals surface area contributed by atoms with E-state index < -0.39 is 12.1 Å². The first-order valence-electron chi connectivity index (χ1n) is 13.4. The van der Waals surface area contributed by atoms with Crippen molar-refractivity contribution in [2.75, 3.05) is 19.8 Å². The van der Waals surface area contributed by atoms with Gasteiger partial charge in [-0.15, -0.1) is 0 Å². The van der Waals surface area contributed by atoms with Gasteiger partial charge in [0.25, 0.3) is 0 Å². The highest BCUT2D eigenvalue weighted by Gasteiger charge is 2.36. The van der Waals surface area contributed by atoms with Crippen molar-refractivity contribution in [2.45, 2.75) is 136 Å². The van der Waals surface area contributed by atoms with E-state index in [1.807, 2.05) is 20.8 Å². The van der Waals surface area contributed by atoms with Crippen molar-refractivity contribution in [1.29, 1.82) is 0 Å². The molecule has 5 heteroatoms. The molecule has 0 radical (unpaired) electrons. The minimum absolute atomic E-state index is 0.0841. The van der Waals surface area contributed by atoms with Crippen molar-refractivity contribution in [3.05, 3.63) is 0 Å². The molecule has 0 aromatic carbocycles. The van der Waals surface area contributed by atoms with Crippen LogP contribution in [0.1, 0.15) is 130 Å². The van der Waals surface area contributed by atoms with E-state index in [-0.39, 0.29) is 11.4 Å². The molecule has 0 saturated carbocycles. The van der Waals surface area contributed by atoms with Crippen molar-refractivity contribution < 1.29 is 19.1 Å². The molecular formula is C27H51NO4. The zero-order valence-electron chi connectivity index (χ0n) is 21.6. The average molecular weight is 454 g/mol. The Morgan fingerprint density at radius 3 is 1.78 bits per heavy atom. The highest BCUT2D eigenvalue weighted by Crippen LogP contribution is 2.21. The zero-order chi connectivity index (χ0) is 23.7. The number of ether oxygens (including phenoxy) is 2. The van der Waals surface area contributed by atoms with Gasteiger partial charge in [0.05, 0.1) is 13.2 Å². The minimum Gasteiger partial charge on any atom is -0.464 e. The Bertz CT molecular complexity index is 500. The molecule has 188 valence electrons. The van der Waals surface area contributed by atoms with Crippen LogP contribution in [0.5, 0.6) is 0 Å². The maximum Gasteiger partial charge on any atom is 0.410 e. The van der Waals surface area contributed by atoms with Gasteiger partial charge >= 0.3 is 12.1 Å². The third-order valence-corrected chi connectivity index (χ3v) is 6.13. The number of esters is 1. The molecule has 1 unspecified atom stereocenters. The SMILES string of the molecule is CCCCCCCCCCCCCCCCOC(=O)C1CCCN1C(=O)OCC(C)(C)C. The quantitative estimate of drug-likeness (QED) is 0.167. The van der Waals surface area contributed by atoms with E-state index in [1.165, 1.54) is 77.0 Å². The Kier molecular flexibility index (Phi) is 15.5. The Labute approximate surface area is 198 Å². The Hall–Kier alpha value is -1.26. The predicted molar refractivity (Wildman–Crippen MR) is 132 cm³/mol. The topological polar surface area (TPSA) is 55.8 Å². The summed E-state index contributed by atoms with van der Waals surface area (Å²) in [5, 5.41) is 0. The average Bonchev–Trinajstić information content (AvgIpc) is 3.24. The molecular weight excluding hydrogens is 402 g/mol. The number of nitrogens with zero attached hydrogens (tertiary/aromatic N) is 1. The van der Waals surface area contributed by atoms with Crippen molar-refractivity contribution in [3.8, 4) is 0 Å². The van der Waals surface area contributed by atoms with Crippen molar-refractivity contribution in [3.63, 3.8) is 0 Å². The molecule has 1 aliphatic heterocycles. The summed E-state index contributed by atoms with van der Waals surface area (Å²) in [4.78, 5) is 26.3. The number of hydrogen-bond acceptors (Lipinski definition) is 4. The van der Waals surface area contributed by atoms with Crippen molar-refractivity contribution >= 4 is 12.1 Å². The second-order valence-corrected chi connectivity index (χ2v) is 10.7. The standard InChI is InChI=1S/C27H51NO4/c1-5-6-7-8-9-10-11-12-13-14-15-16-17-18-22-31-25(29)24-20-19-21-28(24)26(30)32-23-27(2,3)4/h24H,5-23H2,1-4H3. The summed E-state index contributed by atoms with van der Waals surface area (Å²) in [5.41, 5.74) is -0.0841. The van der Waals surface area contributed by atoms with E-state index in [4.69, 9.17) is 9.47 Å². The van der Waals surface area contributed by atoms with Crippen LogP contribution in [-0.2, 0) is 14.3 Å². The molecule has 0 bridgehead atoms. The fourth-order valence-corrected chi connectivity index (χ4v) is 4.16. The van der Waals surface area contributed by atoms with Gasteiger partial charge in [-0.2, -0.15) is 0 Å². The largest absolute Gasteiger partial charge is 0.464 e. The lowest BCUT2D eigenvalue weighted by atomic mass is 9.99. The van der Waals surface area contributed by atoms with E-state index in [0.717, 1.165) is 19.3 Å². The summed E-state index contributed by atoms with van der Waals surface area (Å²) < 4.78 is 10.9. The molecule has 5 nitrogen and oxygen atoms in total. The summed E-state index contributed by atoms with van der Waals surface area (Å²) in [6, 6.07) is -0.478. The molecule has 1 saturated heterocycles. The molecule has 1 fully saturated rings. The highest BCUT2D eigenvalue weighted by molar-refractivity contribution is 5.82. The maximum absolute atomic E-state index is 12.4. The van der Waals surface area contributed by atoms with Crippen LogP contribution >= 0.6 is 0 Å². The van der Waals surface area contributed by atoms with Crippen LogP contribution in [0.2, 0.25) is 0 Å². The Balaban J connectivity index is 1.99. The van der Waals surface area contributed by atoms with Gasteiger partial charge in [-0.25, -0.2) is 9.59 Å². The summed E-state index contributed by atoms with van der Waals surface area (Å²) >= 11 is 0. The van der Waals surface area contributed by atoms with Gasteiger partial charge in [0.2, 0.25) is 0 Å². The molecule has 1 heterocycles. The van der Waals surface area contributed by atoms with Crippen molar-refractivity contribution in [2.24, 2.45) is 5.41 Å². The molecule has 0 aromatic rings. The normalized spacial score (nSPS) is 16.4. The third kappa shape index (κ3) is 14.0. The van der Waals surface area contributed by atoms with E-state index in [9.17, 15) is 9.59 Å². The Morgan fingerprint density at radius 1 is 0.781 bits per heavy atom. The fourth-order valence-electron chi connectivity index (χ4n) is 4.16. The molecule has 0 aliphatic carbocycles. The summed E-state index contributed by atoms with van der Waals surface area (Å²) in [7, 11) is 0. The summed E-state index contributed by atoms with van der Waals surface area (Å²) in [6.45, 7) is 9.71. The third-order valence-electron chi connectivity index (χ3n) is 6.13. The second-order valence-electron chi connectivity index (χ2n) is 10.7. The summed E-state index contributed by atoms with van der Waals surface area (Å²) in [5.74, 6) is -0.273. The van der Waals surface area contributed by atoms with Crippen LogP contribution < -0.4 is 0 Å². The highest BCUT2D eigenvalue weighted by atomic mass is 16.6. The predicted octanol–water partition coefficient (Wildman–Crippen LogP) is 7.66.